The minimum atomic E-state index is -0.702. The Morgan fingerprint density at radius 3 is 2.62 bits per heavy atom. The number of hydrogen-bond donors (Lipinski definition) is 2. The average Bonchev–Trinajstić information content (AvgIpc) is 3.07. The van der Waals surface area contributed by atoms with Gasteiger partial charge in [-0.15, -0.1) is 0 Å². The fraction of sp³-hybridized carbons (Fsp3) is 0.333. The van der Waals surface area contributed by atoms with Crippen molar-refractivity contribution in [1.29, 1.82) is 0 Å². The third-order valence-electron chi connectivity index (χ3n) is 3.69. The van der Waals surface area contributed by atoms with E-state index in [-0.39, 0.29) is 6.61 Å². The van der Waals surface area contributed by atoms with Gasteiger partial charge in [-0.25, -0.2) is 24.6 Å². The van der Waals surface area contributed by atoms with Crippen LogP contribution in [0.2, 0.25) is 0 Å². The lowest BCUT2D eigenvalue weighted by molar-refractivity contribution is 0.0549. The van der Waals surface area contributed by atoms with Gasteiger partial charge in [-0.05, 0) is 26.3 Å². The number of fused-ring (bicyclic) bond motifs is 1. The van der Waals surface area contributed by atoms with Gasteiger partial charge in [-0.2, -0.15) is 0 Å². The summed E-state index contributed by atoms with van der Waals surface area (Å²) in [7, 11) is 0. The topological polar surface area (TPSA) is 104 Å². The number of carbonyl (C=O) groups is 1. The van der Waals surface area contributed by atoms with Gasteiger partial charge in [0.2, 0.25) is 0 Å². The van der Waals surface area contributed by atoms with Gasteiger partial charge < -0.3 is 14.8 Å². The van der Waals surface area contributed by atoms with Gasteiger partial charge >= 0.3 is 6.09 Å². The second-order valence-corrected chi connectivity index (χ2v) is 6.76. The van der Waals surface area contributed by atoms with E-state index in [2.05, 4.69) is 19.9 Å². The molecule has 1 atom stereocenters. The summed E-state index contributed by atoms with van der Waals surface area (Å²) in [4.78, 5) is 29.7. The van der Waals surface area contributed by atoms with Crippen LogP contribution >= 0.6 is 0 Å². The van der Waals surface area contributed by atoms with Crippen LogP contribution in [0.4, 0.5) is 10.6 Å². The quantitative estimate of drug-likeness (QED) is 0.746. The predicted molar refractivity (Wildman–Crippen MR) is 96.7 cm³/mol. The number of aromatic amines is 1. The van der Waals surface area contributed by atoms with E-state index in [4.69, 9.17) is 4.74 Å². The minimum Gasteiger partial charge on any atom is -0.443 e. The molecule has 0 saturated carbocycles. The smallest absolute Gasteiger partial charge is 0.416 e. The highest BCUT2D eigenvalue weighted by Gasteiger charge is 2.33. The molecule has 0 saturated heterocycles. The van der Waals surface area contributed by atoms with E-state index in [9.17, 15) is 9.90 Å². The van der Waals surface area contributed by atoms with E-state index < -0.39 is 17.7 Å². The molecular formula is C18H21N5O3. The summed E-state index contributed by atoms with van der Waals surface area (Å²) in [6, 6.07) is 8.56. The molecule has 0 fully saturated rings. The molecule has 2 aromatic heterocycles. The number of amides is 1. The number of imidazole rings is 1. The fourth-order valence-electron chi connectivity index (χ4n) is 2.62. The van der Waals surface area contributed by atoms with E-state index in [0.717, 1.165) is 5.56 Å². The number of benzene rings is 1. The molecule has 0 aliphatic heterocycles. The maximum absolute atomic E-state index is 13.0. The first-order chi connectivity index (χ1) is 12.4. The van der Waals surface area contributed by atoms with Crippen molar-refractivity contribution in [3.63, 3.8) is 0 Å². The maximum Gasteiger partial charge on any atom is 0.416 e. The Labute approximate surface area is 150 Å². The molecule has 0 radical (unpaired) electrons. The summed E-state index contributed by atoms with van der Waals surface area (Å²) in [5.74, 6) is 0.296. The molecule has 1 unspecified atom stereocenters. The standard InChI is InChI=1S/C18H21N5O3/c1-18(2,3)26-17(25)23(13(9-24)12-7-5-4-6-8-12)16-14-15(20-10-19-14)21-11-22-16/h4-8,10-11,13,24H,9H2,1-3H3,(H,19,20,21,22). The van der Waals surface area contributed by atoms with E-state index in [1.54, 1.807) is 20.8 Å². The summed E-state index contributed by atoms with van der Waals surface area (Å²) < 4.78 is 5.57. The summed E-state index contributed by atoms with van der Waals surface area (Å²) in [6.45, 7) is 5.05. The molecule has 0 aliphatic carbocycles. The highest BCUT2D eigenvalue weighted by Crippen LogP contribution is 2.31. The lowest BCUT2D eigenvalue weighted by atomic mass is 10.1. The normalized spacial score (nSPS) is 12.8. The summed E-state index contributed by atoms with van der Waals surface area (Å²) in [5, 5.41) is 10.1. The van der Waals surface area contributed by atoms with Crippen LogP contribution in [0.25, 0.3) is 11.2 Å². The van der Waals surface area contributed by atoms with Gasteiger partial charge in [-0.1, -0.05) is 30.3 Å². The number of nitrogens with zero attached hydrogens (tertiary/aromatic N) is 4. The molecule has 0 aliphatic rings. The van der Waals surface area contributed by atoms with Crippen molar-refractivity contribution in [2.75, 3.05) is 11.5 Å². The largest absolute Gasteiger partial charge is 0.443 e. The van der Waals surface area contributed by atoms with Crippen LogP contribution in [-0.4, -0.2) is 43.3 Å². The first-order valence-corrected chi connectivity index (χ1v) is 8.23. The van der Waals surface area contributed by atoms with Crippen molar-refractivity contribution in [2.45, 2.75) is 32.4 Å². The number of anilines is 1. The van der Waals surface area contributed by atoms with Crippen LogP contribution in [0.15, 0.2) is 43.0 Å². The van der Waals surface area contributed by atoms with E-state index in [0.29, 0.717) is 17.0 Å². The summed E-state index contributed by atoms with van der Waals surface area (Å²) in [6.07, 6.45) is 2.19. The fourth-order valence-corrected chi connectivity index (χ4v) is 2.62. The van der Waals surface area contributed by atoms with E-state index in [1.807, 2.05) is 30.3 Å². The Balaban J connectivity index is 2.13. The third kappa shape index (κ3) is 3.65. The number of nitrogens with one attached hydrogen (secondary N) is 1. The van der Waals surface area contributed by atoms with Gasteiger partial charge in [0.05, 0.1) is 19.0 Å². The lowest BCUT2D eigenvalue weighted by Gasteiger charge is -2.32. The van der Waals surface area contributed by atoms with Crippen LogP contribution in [0, 0.1) is 0 Å². The molecular weight excluding hydrogens is 334 g/mol. The molecule has 1 amide bonds. The van der Waals surface area contributed by atoms with Crippen molar-refractivity contribution >= 4 is 23.1 Å². The van der Waals surface area contributed by atoms with Crippen molar-refractivity contribution in [2.24, 2.45) is 0 Å². The SMILES string of the molecule is CC(C)(C)OC(=O)N(c1ncnc2nc[nH]c12)C(CO)c1ccccc1. The number of rotatable bonds is 4. The molecule has 3 rings (SSSR count). The van der Waals surface area contributed by atoms with Crippen molar-refractivity contribution < 1.29 is 14.6 Å². The molecule has 0 bridgehead atoms. The van der Waals surface area contributed by atoms with Gasteiger partial charge in [0.25, 0.3) is 0 Å². The molecule has 3 aromatic rings. The number of carbonyl (C=O) groups excluding carboxylic acids is 1. The Kier molecular flexibility index (Phi) is 4.85. The lowest BCUT2D eigenvalue weighted by Crippen LogP contribution is -2.41. The average molecular weight is 355 g/mol. The molecule has 2 heterocycles. The zero-order valence-electron chi connectivity index (χ0n) is 14.9. The first kappa shape index (κ1) is 17.8. The van der Waals surface area contributed by atoms with Crippen molar-refractivity contribution in [3.05, 3.63) is 48.5 Å². The zero-order chi connectivity index (χ0) is 18.7. The van der Waals surface area contributed by atoms with Crippen LogP contribution in [-0.2, 0) is 4.74 Å². The molecule has 1 aromatic carbocycles. The van der Waals surface area contributed by atoms with Gasteiger partial charge in [0.15, 0.2) is 11.5 Å². The Morgan fingerprint density at radius 2 is 1.96 bits per heavy atom. The summed E-state index contributed by atoms with van der Waals surface area (Å²) in [5.41, 5.74) is 0.972. The zero-order valence-corrected chi connectivity index (χ0v) is 14.9. The molecule has 8 heteroatoms. The Bertz CT molecular complexity index is 888. The van der Waals surface area contributed by atoms with E-state index in [1.165, 1.54) is 17.6 Å². The monoisotopic (exact) mass is 355 g/mol. The number of hydrogen-bond acceptors (Lipinski definition) is 6. The number of aliphatic hydroxyl groups is 1. The molecule has 8 nitrogen and oxygen atoms in total. The van der Waals surface area contributed by atoms with Gasteiger partial charge in [0.1, 0.15) is 17.4 Å². The minimum absolute atomic E-state index is 0.296. The summed E-state index contributed by atoms with van der Waals surface area (Å²) >= 11 is 0. The third-order valence-corrected chi connectivity index (χ3v) is 3.69. The second kappa shape index (κ2) is 7.09. The molecule has 0 spiro atoms. The van der Waals surface area contributed by atoms with Gasteiger partial charge in [-0.3, -0.25) is 0 Å². The van der Waals surface area contributed by atoms with E-state index >= 15 is 0 Å². The molecule has 136 valence electrons. The highest BCUT2D eigenvalue weighted by atomic mass is 16.6. The van der Waals surface area contributed by atoms with Crippen LogP contribution in [0.3, 0.4) is 0 Å². The maximum atomic E-state index is 13.0. The van der Waals surface area contributed by atoms with Gasteiger partial charge in [0, 0.05) is 0 Å². The van der Waals surface area contributed by atoms with Crippen molar-refractivity contribution in [3.8, 4) is 0 Å². The van der Waals surface area contributed by atoms with Crippen molar-refractivity contribution in [1.82, 2.24) is 19.9 Å². The number of H-pyrrole nitrogens is 1. The number of ether oxygens (including phenoxy) is 1. The molecule has 26 heavy (non-hydrogen) atoms. The Morgan fingerprint density at radius 1 is 1.23 bits per heavy atom. The van der Waals surface area contributed by atoms with Crippen LogP contribution in [0.5, 0.6) is 0 Å². The van der Waals surface area contributed by atoms with Crippen LogP contribution < -0.4 is 4.90 Å². The predicted octanol–water partition coefficient (Wildman–Crippen LogP) is 2.83. The highest BCUT2D eigenvalue weighted by molar-refractivity contribution is 5.96. The van der Waals surface area contributed by atoms with Crippen LogP contribution in [0.1, 0.15) is 32.4 Å². The number of aromatic nitrogens is 4. The Hall–Kier alpha value is -3.00. The number of aliphatic hydroxyl groups excluding tert-OH is 1. The molecule has 2 N–H and O–H groups in total. The second-order valence-electron chi connectivity index (χ2n) is 6.76. The first-order valence-electron chi connectivity index (χ1n) is 8.23.